The van der Waals surface area contributed by atoms with Crippen molar-refractivity contribution >= 4 is 5.82 Å². The number of ether oxygens (including phenoxy) is 1. The summed E-state index contributed by atoms with van der Waals surface area (Å²) in [6, 6.07) is 1.69. The number of aromatic nitrogens is 3. The van der Waals surface area contributed by atoms with Gasteiger partial charge in [-0.05, 0) is 51.1 Å². The number of hydrogen-bond acceptors (Lipinski definition) is 6. The number of nitrogens with two attached hydrogens (primary N) is 1. The Balaban J connectivity index is 1.28. The van der Waals surface area contributed by atoms with E-state index in [1.54, 1.807) is 0 Å². The molecule has 5 aliphatic rings. The molecule has 1 aliphatic heterocycles. The maximum Gasteiger partial charge on any atom is 0.573 e. The molecule has 33 heavy (non-hydrogen) atoms. The smallest absolute Gasteiger partial charge is 0.402 e. The number of piperazine rings is 1. The zero-order chi connectivity index (χ0) is 23.0. The van der Waals surface area contributed by atoms with Crippen LogP contribution in [0.5, 0.6) is 5.75 Å². The Kier molecular flexibility index (Phi) is 4.72. The van der Waals surface area contributed by atoms with E-state index in [-0.39, 0.29) is 5.82 Å². The number of hydrogen-bond donors (Lipinski definition) is 1. The van der Waals surface area contributed by atoms with Crippen LogP contribution in [0.3, 0.4) is 0 Å². The van der Waals surface area contributed by atoms with Crippen molar-refractivity contribution in [3.05, 3.63) is 24.3 Å². The second-order valence-electron chi connectivity index (χ2n) is 10.3. The number of pyridine rings is 1. The molecule has 178 valence electrons. The Morgan fingerprint density at radius 2 is 1.85 bits per heavy atom. The number of imidazole rings is 1. The number of rotatable bonds is 5. The molecule has 3 heterocycles. The van der Waals surface area contributed by atoms with Crippen LogP contribution >= 0.6 is 0 Å². The third-order valence-electron chi connectivity index (χ3n) is 8.06. The first-order valence-corrected chi connectivity index (χ1v) is 11.7. The predicted molar refractivity (Wildman–Crippen MR) is 117 cm³/mol. The van der Waals surface area contributed by atoms with Gasteiger partial charge in [-0.2, -0.15) is 0 Å². The quantitative estimate of drug-likeness (QED) is 0.732. The van der Waals surface area contributed by atoms with Gasteiger partial charge < -0.3 is 19.9 Å². The number of nitrogen functional groups attached to an aromatic ring is 1. The van der Waals surface area contributed by atoms with E-state index in [4.69, 9.17) is 10.7 Å². The Labute approximate surface area is 190 Å². The minimum absolute atomic E-state index is 0.288. The van der Waals surface area contributed by atoms with E-state index < -0.39 is 12.1 Å². The molecule has 0 spiro atoms. The van der Waals surface area contributed by atoms with Gasteiger partial charge in [0.15, 0.2) is 11.6 Å². The van der Waals surface area contributed by atoms with Gasteiger partial charge >= 0.3 is 6.36 Å². The van der Waals surface area contributed by atoms with Crippen LogP contribution in [-0.2, 0) is 0 Å². The van der Waals surface area contributed by atoms with Crippen molar-refractivity contribution in [1.82, 2.24) is 24.3 Å². The van der Waals surface area contributed by atoms with Gasteiger partial charge in [-0.15, -0.1) is 13.2 Å². The molecule has 4 aliphatic carbocycles. The van der Waals surface area contributed by atoms with Crippen molar-refractivity contribution in [3.8, 4) is 17.0 Å². The van der Waals surface area contributed by atoms with Gasteiger partial charge in [0.2, 0.25) is 0 Å². The molecule has 1 saturated heterocycles. The largest absolute Gasteiger partial charge is 0.573 e. The molecule has 0 amide bonds. The van der Waals surface area contributed by atoms with Crippen molar-refractivity contribution in [3.63, 3.8) is 0 Å². The molecule has 2 aromatic heterocycles. The minimum Gasteiger partial charge on any atom is -0.402 e. The minimum atomic E-state index is -4.82. The molecule has 10 heteroatoms. The molecular weight excluding hydrogens is 433 g/mol. The summed E-state index contributed by atoms with van der Waals surface area (Å²) in [6.07, 6.45) is 4.47. The lowest BCUT2D eigenvalue weighted by atomic mass is 9.75. The fourth-order valence-electron chi connectivity index (χ4n) is 6.16. The predicted octanol–water partition coefficient (Wildman–Crippen LogP) is 3.64. The molecule has 0 unspecified atom stereocenters. The normalized spacial score (nSPS) is 30.4. The summed E-state index contributed by atoms with van der Waals surface area (Å²) < 4.78 is 44.7. The fraction of sp³-hybridized carbons (Fsp3) is 0.652. The van der Waals surface area contributed by atoms with Gasteiger partial charge in [0, 0.05) is 61.6 Å². The average molecular weight is 463 g/mol. The lowest BCUT2D eigenvalue weighted by molar-refractivity contribution is -0.274. The molecule has 0 radical (unpaired) electrons. The molecule has 5 fully saturated rings. The van der Waals surface area contributed by atoms with Crippen molar-refractivity contribution in [1.29, 1.82) is 0 Å². The van der Waals surface area contributed by atoms with E-state index in [1.807, 2.05) is 6.20 Å². The Hall–Kier alpha value is -2.33. The van der Waals surface area contributed by atoms with E-state index in [2.05, 4.69) is 31.1 Å². The Morgan fingerprint density at radius 3 is 2.52 bits per heavy atom. The molecule has 7 nitrogen and oxygen atoms in total. The molecule has 2 N–H and O–H groups in total. The van der Waals surface area contributed by atoms with E-state index in [1.165, 1.54) is 25.1 Å². The molecule has 1 atom stereocenters. The molecule has 4 saturated carbocycles. The summed E-state index contributed by atoms with van der Waals surface area (Å²) in [5.74, 6) is 1.36. The highest BCUT2D eigenvalue weighted by Gasteiger charge is 2.59. The molecule has 0 aromatic carbocycles. The summed E-state index contributed by atoms with van der Waals surface area (Å²) in [7, 11) is 2.18. The van der Waals surface area contributed by atoms with Gasteiger partial charge in [0.1, 0.15) is 5.82 Å². The first-order valence-electron chi connectivity index (χ1n) is 11.7. The fourth-order valence-corrected chi connectivity index (χ4v) is 6.16. The van der Waals surface area contributed by atoms with Crippen molar-refractivity contribution in [2.75, 3.05) is 39.0 Å². The standard InChI is InChI=1S/C23H29F3N6O/c1-30-4-6-31(7-5-30)22-9-16(10-22)18(11-22)32-13-17(29-21(32)14-2-3-14)15-8-19(20(27)28-12-15)33-23(24,25)26/h8,12-14,16,18H,2-7,9-11H2,1H3,(H2,27,28)/t16?,18-,22?/m0/s1. The van der Waals surface area contributed by atoms with E-state index in [9.17, 15) is 13.2 Å². The molecule has 2 bridgehead atoms. The topological polar surface area (TPSA) is 72.4 Å². The zero-order valence-electron chi connectivity index (χ0n) is 18.7. The lowest BCUT2D eigenvalue weighted by Gasteiger charge is -2.50. The summed E-state index contributed by atoms with van der Waals surface area (Å²) in [5, 5.41) is 0. The molecule has 7 rings (SSSR count). The second kappa shape index (κ2) is 7.33. The highest BCUT2D eigenvalue weighted by atomic mass is 19.4. The van der Waals surface area contributed by atoms with Crippen molar-refractivity contribution < 1.29 is 17.9 Å². The van der Waals surface area contributed by atoms with Crippen LogP contribution in [0, 0.1) is 5.92 Å². The third kappa shape index (κ3) is 3.77. The van der Waals surface area contributed by atoms with Gasteiger partial charge in [-0.25, -0.2) is 9.97 Å². The Morgan fingerprint density at radius 1 is 1.12 bits per heavy atom. The number of fused-ring (bicyclic) bond motifs is 1. The third-order valence-corrected chi connectivity index (χ3v) is 8.06. The van der Waals surface area contributed by atoms with Crippen molar-refractivity contribution in [2.45, 2.75) is 56.0 Å². The van der Waals surface area contributed by atoms with E-state index in [0.717, 1.165) is 51.3 Å². The number of halogens is 3. The van der Waals surface area contributed by atoms with Crippen LogP contribution in [0.15, 0.2) is 18.5 Å². The highest BCUT2D eigenvalue weighted by molar-refractivity contribution is 5.64. The van der Waals surface area contributed by atoms with Crippen LogP contribution in [0.1, 0.15) is 49.9 Å². The van der Waals surface area contributed by atoms with Gasteiger partial charge in [-0.1, -0.05) is 0 Å². The van der Waals surface area contributed by atoms with Crippen LogP contribution in [0.25, 0.3) is 11.3 Å². The maximum atomic E-state index is 12.8. The van der Waals surface area contributed by atoms with Crippen LogP contribution < -0.4 is 10.5 Å². The summed E-state index contributed by atoms with van der Waals surface area (Å²) in [5.41, 5.74) is 7.04. The highest BCUT2D eigenvalue weighted by Crippen LogP contribution is 2.61. The second-order valence-corrected chi connectivity index (χ2v) is 10.3. The van der Waals surface area contributed by atoms with Gasteiger partial charge in [0.25, 0.3) is 0 Å². The summed E-state index contributed by atoms with van der Waals surface area (Å²) in [6.45, 7) is 4.48. The Bertz CT molecular complexity index is 1050. The van der Waals surface area contributed by atoms with E-state index >= 15 is 0 Å². The van der Waals surface area contributed by atoms with Gasteiger partial charge in [0.05, 0.1) is 5.69 Å². The van der Waals surface area contributed by atoms with Crippen LogP contribution in [0.4, 0.5) is 19.0 Å². The summed E-state index contributed by atoms with van der Waals surface area (Å²) >= 11 is 0. The lowest BCUT2D eigenvalue weighted by Crippen LogP contribution is -2.58. The summed E-state index contributed by atoms with van der Waals surface area (Å²) in [4.78, 5) is 13.9. The number of alkyl halides is 3. The zero-order valence-corrected chi connectivity index (χ0v) is 18.7. The average Bonchev–Trinajstić information content (AvgIpc) is 3.21. The van der Waals surface area contributed by atoms with E-state index in [0.29, 0.717) is 34.7 Å². The number of anilines is 1. The number of nitrogens with zero attached hydrogens (tertiary/aromatic N) is 5. The monoisotopic (exact) mass is 462 g/mol. The SMILES string of the molecule is CN1CCN(C23CC(C2)[C@@H](n2cc(-c4cnc(N)c(OC(F)(F)F)c4)nc2C2CC2)C3)CC1. The molecular formula is C23H29F3N6O. The van der Waals surface area contributed by atoms with Crippen LogP contribution in [0.2, 0.25) is 0 Å². The maximum absolute atomic E-state index is 12.8. The van der Waals surface area contributed by atoms with Crippen molar-refractivity contribution in [2.24, 2.45) is 5.92 Å². The van der Waals surface area contributed by atoms with Gasteiger partial charge in [-0.3, -0.25) is 4.90 Å². The first kappa shape index (κ1) is 21.2. The number of likely N-dealkylation sites (N-methyl/N-ethyl adjacent to an activating group) is 1. The van der Waals surface area contributed by atoms with Crippen LogP contribution in [-0.4, -0.2) is 69.5 Å². The molecule has 2 aromatic rings. The first-order chi connectivity index (χ1) is 15.7.